The molecule has 1 aliphatic heterocycles. The quantitative estimate of drug-likeness (QED) is 0.726. The van der Waals surface area contributed by atoms with Crippen molar-refractivity contribution in [1.29, 1.82) is 0 Å². The maximum absolute atomic E-state index is 10.2. The second-order valence-corrected chi connectivity index (χ2v) is 4.52. The van der Waals surface area contributed by atoms with Crippen LogP contribution in [0.15, 0.2) is 18.2 Å². The van der Waals surface area contributed by atoms with Crippen LogP contribution in [0.2, 0.25) is 0 Å². The lowest BCUT2D eigenvalue weighted by atomic mass is 10.0. The fourth-order valence-electron chi connectivity index (χ4n) is 2.41. The van der Waals surface area contributed by atoms with Crippen LogP contribution in [0.3, 0.4) is 0 Å². The fraction of sp³-hybridized carbons (Fsp3) is 0.500. The van der Waals surface area contributed by atoms with E-state index in [1.807, 2.05) is 0 Å². The van der Waals surface area contributed by atoms with Crippen molar-refractivity contribution in [2.24, 2.45) is 0 Å². The van der Waals surface area contributed by atoms with E-state index in [1.54, 1.807) is 0 Å². The standard InChI is InChI=1S/C12H15NO/c1-13-8-5-9-3-2-4-10(11(9)13)12(14)6-7-12/h2-4,14H,5-8H2,1H3. The second-order valence-electron chi connectivity index (χ2n) is 4.52. The molecule has 1 heterocycles. The molecule has 1 aromatic carbocycles. The van der Waals surface area contributed by atoms with Crippen LogP contribution < -0.4 is 4.90 Å². The summed E-state index contributed by atoms with van der Waals surface area (Å²) in [6, 6.07) is 6.32. The van der Waals surface area contributed by atoms with E-state index in [9.17, 15) is 5.11 Å². The second kappa shape index (κ2) is 2.51. The summed E-state index contributed by atoms with van der Waals surface area (Å²) in [6.07, 6.45) is 2.98. The Morgan fingerprint density at radius 3 is 2.86 bits per heavy atom. The van der Waals surface area contributed by atoms with Crippen LogP contribution in [0.5, 0.6) is 0 Å². The maximum atomic E-state index is 10.2. The van der Waals surface area contributed by atoms with Crippen molar-refractivity contribution in [3.63, 3.8) is 0 Å². The molecule has 1 fully saturated rings. The van der Waals surface area contributed by atoms with Gasteiger partial charge < -0.3 is 10.0 Å². The molecular weight excluding hydrogens is 174 g/mol. The average molecular weight is 189 g/mol. The number of hydrogen-bond donors (Lipinski definition) is 1. The minimum atomic E-state index is -0.496. The first-order valence-electron chi connectivity index (χ1n) is 5.27. The summed E-state index contributed by atoms with van der Waals surface area (Å²) in [5, 5.41) is 10.2. The predicted octanol–water partition coefficient (Wildman–Crippen LogP) is 1.66. The van der Waals surface area contributed by atoms with Gasteiger partial charge in [0.15, 0.2) is 0 Å². The Hall–Kier alpha value is -1.02. The zero-order valence-corrected chi connectivity index (χ0v) is 8.45. The SMILES string of the molecule is CN1CCc2cccc(C3(O)CC3)c21. The number of likely N-dealkylation sites (N-methyl/N-ethyl adjacent to an activating group) is 1. The van der Waals surface area contributed by atoms with Gasteiger partial charge in [0.05, 0.1) is 5.60 Å². The Balaban J connectivity index is 2.17. The van der Waals surface area contributed by atoms with Gasteiger partial charge in [-0.1, -0.05) is 18.2 Å². The van der Waals surface area contributed by atoms with E-state index in [0.29, 0.717) is 0 Å². The lowest BCUT2D eigenvalue weighted by Crippen LogP contribution is -2.17. The molecule has 2 heteroatoms. The first-order valence-corrected chi connectivity index (χ1v) is 5.27. The molecule has 14 heavy (non-hydrogen) atoms. The van der Waals surface area contributed by atoms with Crippen LogP contribution >= 0.6 is 0 Å². The van der Waals surface area contributed by atoms with Gasteiger partial charge in [-0.3, -0.25) is 0 Å². The minimum Gasteiger partial charge on any atom is -0.385 e. The largest absolute Gasteiger partial charge is 0.385 e. The summed E-state index contributed by atoms with van der Waals surface area (Å²) in [5.41, 5.74) is 3.33. The number of fused-ring (bicyclic) bond motifs is 1. The Morgan fingerprint density at radius 1 is 1.36 bits per heavy atom. The predicted molar refractivity (Wildman–Crippen MR) is 56.5 cm³/mol. The van der Waals surface area contributed by atoms with Gasteiger partial charge in [0.25, 0.3) is 0 Å². The number of aliphatic hydroxyl groups is 1. The number of rotatable bonds is 1. The van der Waals surface area contributed by atoms with Gasteiger partial charge in [-0.05, 0) is 24.8 Å². The van der Waals surface area contributed by atoms with Crippen LogP contribution in [0.1, 0.15) is 24.0 Å². The molecule has 1 aliphatic carbocycles. The summed E-state index contributed by atoms with van der Waals surface area (Å²) < 4.78 is 0. The smallest absolute Gasteiger partial charge is 0.0919 e. The van der Waals surface area contributed by atoms with Crippen molar-refractivity contribution in [3.8, 4) is 0 Å². The van der Waals surface area contributed by atoms with Gasteiger partial charge in [-0.2, -0.15) is 0 Å². The highest BCUT2D eigenvalue weighted by molar-refractivity contribution is 5.65. The number of para-hydroxylation sites is 1. The van der Waals surface area contributed by atoms with E-state index in [0.717, 1.165) is 31.4 Å². The van der Waals surface area contributed by atoms with E-state index in [2.05, 4.69) is 30.1 Å². The third-order valence-corrected chi connectivity index (χ3v) is 3.44. The van der Waals surface area contributed by atoms with Crippen molar-refractivity contribution >= 4 is 5.69 Å². The number of hydrogen-bond acceptors (Lipinski definition) is 2. The molecule has 74 valence electrons. The highest BCUT2D eigenvalue weighted by atomic mass is 16.3. The molecule has 0 bridgehead atoms. The molecule has 0 atom stereocenters. The third kappa shape index (κ3) is 1.01. The lowest BCUT2D eigenvalue weighted by Gasteiger charge is -2.19. The van der Waals surface area contributed by atoms with Crippen molar-refractivity contribution in [3.05, 3.63) is 29.3 Å². The zero-order chi connectivity index (χ0) is 9.76. The highest BCUT2D eigenvalue weighted by Gasteiger charge is 2.45. The van der Waals surface area contributed by atoms with E-state index in [1.165, 1.54) is 11.3 Å². The molecule has 0 spiro atoms. The van der Waals surface area contributed by atoms with Crippen molar-refractivity contribution in [1.82, 2.24) is 0 Å². The Bertz CT molecular complexity index is 382. The van der Waals surface area contributed by atoms with E-state index in [-0.39, 0.29) is 0 Å². The van der Waals surface area contributed by atoms with Crippen LogP contribution in [-0.2, 0) is 12.0 Å². The van der Waals surface area contributed by atoms with Crippen LogP contribution in [0, 0.1) is 0 Å². The first kappa shape index (κ1) is 8.30. The number of anilines is 1. The molecule has 0 radical (unpaired) electrons. The maximum Gasteiger partial charge on any atom is 0.0919 e. The van der Waals surface area contributed by atoms with Gasteiger partial charge in [0, 0.05) is 24.8 Å². The van der Waals surface area contributed by atoms with E-state index < -0.39 is 5.60 Å². The van der Waals surface area contributed by atoms with Gasteiger partial charge in [0.1, 0.15) is 0 Å². The molecule has 1 N–H and O–H groups in total. The Labute approximate surface area is 84.2 Å². The average Bonchev–Trinajstić information content (AvgIpc) is 2.83. The molecule has 2 nitrogen and oxygen atoms in total. The summed E-state index contributed by atoms with van der Waals surface area (Å²) in [4.78, 5) is 2.26. The van der Waals surface area contributed by atoms with Crippen molar-refractivity contribution in [2.75, 3.05) is 18.5 Å². The van der Waals surface area contributed by atoms with E-state index >= 15 is 0 Å². The van der Waals surface area contributed by atoms with Crippen LogP contribution in [-0.4, -0.2) is 18.7 Å². The summed E-state index contributed by atoms with van der Waals surface area (Å²) in [5.74, 6) is 0. The Kier molecular flexibility index (Phi) is 1.49. The van der Waals surface area contributed by atoms with Gasteiger partial charge in [-0.25, -0.2) is 0 Å². The molecule has 1 saturated carbocycles. The lowest BCUT2D eigenvalue weighted by molar-refractivity contribution is 0.152. The van der Waals surface area contributed by atoms with Crippen molar-refractivity contribution in [2.45, 2.75) is 24.9 Å². The Morgan fingerprint density at radius 2 is 2.14 bits per heavy atom. The number of benzene rings is 1. The fourth-order valence-corrected chi connectivity index (χ4v) is 2.41. The molecule has 0 saturated heterocycles. The molecule has 0 unspecified atom stereocenters. The monoisotopic (exact) mass is 189 g/mol. The van der Waals surface area contributed by atoms with Crippen molar-refractivity contribution < 1.29 is 5.11 Å². The zero-order valence-electron chi connectivity index (χ0n) is 8.45. The highest BCUT2D eigenvalue weighted by Crippen LogP contribution is 2.50. The summed E-state index contributed by atoms with van der Waals surface area (Å²) >= 11 is 0. The molecule has 0 aromatic heterocycles. The molecule has 2 aliphatic rings. The van der Waals surface area contributed by atoms with Gasteiger partial charge in [0.2, 0.25) is 0 Å². The third-order valence-electron chi connectivity index (χ3n) is 3.44. The molecular formula is C12H15NO. The van der Waals surface area contributed by atoms with Crippen LogP contribution in [0.4, 0.5) is 5.69 Å². The molecule has 3 rings (SSSR count). The summed E-state index contributed by atoms with van der Waals surface area (Å²) in [6.45, 7) is 1.09. The van der Waals surface area contributed by atoms with Gasteiger partial charge >= 0.3 is 0 Å². The van der Waals surface area contributed by atoms with Gasteiger partial charge in [-0.15, -0.1) is 0 Å². The summed E-state index contributed by atoms with van der Waals surface area (Å²) in [7, 11) is 2.11. The normalized spacial score (nSPS) is 22.3. The first-order chi connectivity index (χ1) is 6.71. The topological polar surface area (TPSA) is 23.5 Å². The van der Waals surface area contributed by atoms with E-state index in [4.69, 9.17) is 0 Å². The molecule has 1 aromatic rings. The molecule has 0 amide bonds. The van der Waals surface area contributed by atoms with Crippen LogP contribution in [0.25, 0.3) is 0 Å². The number of nitrogens with zero attached hydrogens (tertiary/aromatic N) is 1. The minimum absolute atomic E-state index is 0.496.